The molecule has 1 N–H and O–H groups in total. The molecule has 0 aliphatic carbocycles. The van der Waals surface area contributed by atoms with Gasteiger partial charge in [0.15, 0.2) is 5.78 Å². The molecule has 5 nitrogen and oxygen atoms in total. The summed E-state index contributed by atoms with van der Waals surface area (Å²) in [6.45, 7) is 3.29. The molecule has 2 heterocycles. The number of aryl methyl sites for hydroxylation is 1. The summed E-state index contributed by atoms with van der Waals surface area (Å²) in [5.41, 5.74) is 0. The van der Waals surface area contributed by atoms with Gasteiger partial charge in [-0.3, -0.25) is 14.9 Å². The lowest BCUT2D eigenvalue weighted by Crippen LogP contribution is -2.09. The Kier molecular flexibility index (Phi) is 3.30. The number of nitrogens with one attached hydrogen (secondary N) is 1. The minimum Gasteiger partial charge on any atom is -0.296 e. The molecule has 0 aliphatic heterocycles. The number of anilines is 1. The Morgan fingerprint density at radius 1 is 1.18 bits per heavy atom. The Hall–Kier alpha value is -1.60. The van der Waals surface area contributed by atoms with E-state index in [-0.39, 0.29) is 11.7 Å². The molecule has 0 saturated heterocycles. The van der Waals surface area contributed by atoms with Crippen LogP contribution in [-0.2, 0) is 0 Å². The van der Waals surface area contributed by atoms with Crippen molar-refractivity contribution in [2.24, 2.45) is 0 Å². The Bertz CT molecular complexity index is 574. The molecule has 0 atom stereocenters. The fourth-order valence-electron chi connectivity index (χ4n) is 1.15. The highest BCUT2D eigenvalue weighted by atomic mass is 32.1. The summed E-state index contributed by atoms with van der Waals surface area (Å²) in [6, 6.07) is 3.28. The number of thiophene rings is 1. The Morgan fingerprint density at radius 3 is 2.41 bits per heavy atom. The van der Waals surface area contributed by atoms with Crippen molar-refractivity contribution in [2.45, 2.75) is 13.8 Å². The number of hydrogen-bond acceptors (Lipinski definition) is 6. The van der Waals surface area contributed by atoms with Crippen LogP contribution in [0, 0.1) is 6.92 Å². The van der Waals surface area contributed by atoms with Crippen LogP contribution in [-0.4, -0.2) is 21.9 Å². The largest absolute Gasteiger partial charge is 0.296 e. The fourth-order valence-corrected chi connectivity index (χ4v) is 2.54. The van der Waals surface area contributed by atoms with Crippen LogP contribution in [0.15, 0.2) is 12.1 Å². The van der Waals surface area contributed by atoms with Gasteiger partial charge >= 0.3 is 0 Å². The number of rotatable bonds is 3. The molecule has 88 valence electrons. The van der Waals surface area contributed by atoms with Crippen molar-refractivity contribution < 1.29 is 9.59 Å². The normalized spacial score (nSPS) is 10.2. The average Bonchev–Trinajstić information content (AvgIpc) is 2.86. The van der Waals surface area contributed by atoms with E-state index in [1.165, 1.54) is 29.6 Å². The molecule has 2 rings (SSSR count). The van der Waals surface area contributed by atoms with Gasteiger partial charge in [-0.2, -0.15) is 0 Å². The van der Waals surface area contributed by atoms with Gasteiger partial charge < -0.3 is 0 Å². The van der Waals surface area contributed by atoms with Crippen LogP contribution >= 0.6 is 22.7 Å². The van der Waals surface area contributed by atoms with Gasteiger partial charge in [0.25, 0.3) is 5.91 Å². The second kappa shape index (κ2) is 4.72. The molecule has 2 aromatic rings. The van der Waals surface area contributed by atoms with Gasteiger partial charge in [0.2, 0.25) is 5.13 Å². The first-order chi connectivity index (χ1) is 8.06. The van der Waals surface area contributed by atoms with Crippen molar-refractivity contribution in [1.82, 2.24) is 10.2 Å². The lowest BCUT2D eigenvalue weighted by atomic mass is 10.3. The Morgan fingerprint density at radius 2 is 1.88 bits per heavy atom. The molecule has 0 bridgehead atoms. The number of carbonyl (C=O) groups excluding carboxylic acids is 2. The van der Waals surface area contributed by atoms with Gasteiger partial charge in [0.05, 0.1) is 9.75 Å². The highest BCUT2D eigenvalue weighted by molar-refractivity contribution is 7.17. The standard InChI is InChI=1S/C10H9N3O2S2/c1-5(14)7-3-4-8(17-7)9(15)11-10-13-12-6(2)16-10/h3-4H,1-2H3,(H,11,13,15). The average molecular weight is 267 g/mol. The van der Waals surface area contributed by atoms with Crippen molar-refractivity contribution >= 4 is 39.5 Å². The number of nitrogens with zero attached hydrogens (tertiary/aromatic N) is 2. The first kappa shape index (κ1) is 11.9. The highest BCUT2D eigenvalue weighted by Gasteiger charge is 2.13. The zero-order chi connectivity index (χ0) is 12.4. The molecule has 1 amide bonds. The van der Waals surface area contributed by atoms with Gasteiger partial charge in [-0.1, -0.05) is 11.3 Å². The summed E-state index contributed by atoms with van der Waals surface area (Å²) < 4.78 is 0. The van der Waals surface area contributed by atoms with Crippen LogP contribution in [0.1, 0.15) is 31.3 Å². The first-order valence-corrected chi connectivity index (χ1v) is 6.42. The summed E-state index contributed by atoms with van der Waals surface area (Å²) in [7, 11) is 0. The van der Waals surface area contributed by atoms with Crippen molar-refractivity contribution in [3.63, 3.8) is 0 Å². The smallest absolute Gasteiger partial charge is 0.267 e. The zero-order valence-electron chi connectivity index (χ0n) is 9.18. The van der Waals surface area contributed by atoms with Crippen LogP contribution in [0.3, 0.4) is 0 Å². The van der Waals surface area contributed by atoms with E-state index in [0.29, 0.717) is 14.9 Å². The molecule has 0 unspecified atom stereocenters. The van der Waals surface area contributed by atoms with E-state index in [2.05, 4.69) is 15.5 Å². The van der Waals surface area contributed by atoms with Crippen molar-refractivity contribution in [2.75, 3.05) is 5.32 Å². The summed E-state index contributed by atoms with van der Waals surface area (Å²) in [5, 5.41) is 11.5. The molecule has 0 aliphatic rings. The first-order valence-electron chi connectivity index (χ1n) is 4.78. The molecule has 2 aromatic heterocycles. The minimum absolute atomic E-state index is 0.0409. The highest BCUT2D eigenvalue weighted by Crippen LogP contribution is 2.20. The number of ketones is 1. The maximum Gasteiger partial charge on any atom is 0.267 e. The molecule has 7 heteroatoms. The quantitative estimate of drug-likeness (QED) is 0.866. The van der Waals surface area contributed by atoms with Gasteiger partial charge in [0, 0.05) is 0 Å². The fraction of sp³-hybridized carbons (Fsp3) is 0.200. The van der Waals surface area contributed by atoms with E-state index in [1.807, 2.05) is 6.92 Å². The Balaban J connectivity index is 2.11. The van der Waals surface area contributed by atoms with Gasteiger partial charge in [0.1, 0.15) is 5.01 Å². The van der Waals surface area contributed by atoms with Crippen molar-refractivity contribution in [3.05, 3.63) is 26.9 Å². The van der Waals surface area contributed by atoms with Crippen molar-refractivity contribution in [3.8, 4) is 0 Å². The number of Topliss-reactive ketones (excluding diaryl/α,β-unsaturated/α-hetero) is 1. The summed E-state index contributed by atoms with van der Waals surface area (Å²) in [5.74, 6) is -0.306. The summed E-state index contributed by atoms with van der Waals surface area (Å²) in [4.78, 5) is 23.9. The molecule has 0 aromatic carbocycles. The zero-order valence-corrected chi connectivity index (χ0v) is 10.8. The van der Waals surface area contributed by atoms with Gasteiger partial charge in [-0.25, -0.2) is 0 Å². The molecule has 0 saturated carbocycles. The minimum atomic E-state index is -0.265. The van der Waals surface area contributed by atoms with Crippen molar-refractivity contribution in [1.29, 1.82) is 0 Å². The number of amides is 1. The third-order valence-electron chi connectivity index (χ3n) is 1.92. The van der Waals surface area contributed by atoms with E-state index in [4.69, 9.17) is 0 Å². The predicted molar refractivity (Wildman–Crippen MR) is 66.9 cm³/mol. The lowest BCUT2D eigenvalue weighted by Gasteiger charge is -1.96. The van der Waals surface area contributed by atoms with Crippen LogP contribution in [0.25, 0.3) is 0 Å². The molecule has 0 fully saturated rings. The molecular formula is C10H9N3O2S2. The van der Waals surface area contributed by atoms with Crippen LogP contribution < -0.4 is 5.32 Å². The van der Waals surface area contributed by atoms with Gasteiger partial charge in [-0.15, -0.1) is 21.5 Å². The van der Waals surface area contributed by atoms with Crippen LogP contribution in [0.2, 0.25) is 0 Å². The predicted octanol–water partition coefficient (Wildman–Crippen LogP) is 2.36. The Labute approximate surface area is 106 Å². The van der Waals surface area contributed by atoms with Crippen LogP contribution in [0.4, 0.5) is 5.13 Å². The second-order valence-electron chi connectivity index (χ2n) is 3.30. The molecule has 0 radical (unpaired) electrons. The third-order valence-corrected chi connectivity index (χ3v) is 3.86. The molecule has 17 heavy (non-hydrogen) atoms. The maximum atomic E-state index is 11.8. The molecule has 0 spiro atoms. The number of hydrogen-bond donors (Lipinski definition) is 1. The number of aromatic nitrogens is 2. The van der Waals surface area contributed by atoms with E-state index in [1.54, 1.807) is 12.1 Å². The summed E-state index contributed by atoms with van der Waals surface area (Å²) >= 11 is 2.48. The summed E-state index contributed by atoms with van der Waals surface area (Å²) in [6.07, 6.45) is 0. The maximum absolute atomic E-state index is 11.8. The molecular weight excluding hydrogens is 258 g/mol. The number of carbonyl (C=O) groups is 2. The SMILES string of the molecule is CC(=O)c1ccc(C(=O)Nc2nnc(C)s2)s1. The van der Waals surface area contributed by atoms with E-state index >= 15 is 0 Å². The monoisotopic (exact) mass is 267 g/mol. The van der Waals surface area contributed by atoms with Gasteiger partial charge in [-0.05, 0) is 26.0 Å². The van der Waals surface area contributed by atoms with E-state index in [0.717, 1.165) is 5.01 Å². The van der Waals surface area contributed by atoms with E-state index < -0.39 is 0 Å². The second-order valence-corrected chi connectivity index (χ2v) is 5.57. The third kappa shape index (κ3) is 2.75. The topological polar surface area (TPSA) is 72.0 Å². The lowest BCUT2D eigenvalue weighted by molar-refractivity contribution is 0.101. The van der Waals surface area contributed by atoms with Crippen LogP contribution in [0.5, 0.6) is 0 Å². The van der Waals surface area contributed by atoms with E-state index in [9.17, 15) is 9.59 Å².